The molecule has 2 fully saturated rings. The highest BCUT2D eigenvalue weighted by molar-refractivity contribution is 7.99. The van der Waals surface area contributed by atoms with Crippen molar-refractivity contribution in [3.05, 3.63) is 29.7 Å². The molecule has 0 aromatic carbocycles. The highest BCUT2D eigenvalue weighted by atomic mass is 35.5. The van der Waals surface area contributed by atoms with Crippen molar-refractivity contribution in [2.24, 2.45) is 5.41 Å². The number of piperidine rings is 1. The van der Waals surface area contributed by atoms with Crippen LogP contribution in [0.25, 0.3) is 0 Å². The van der Waals surface area contributed by atoms with Gasteiger partial charge in [0.15, 0.2) is 5.82 Å². The molecule has 0 bridgehead atoms. The van der Waals surface area contributed by atoms with Crippen LogP contribution < -0.4 is 15.4 Å². The highest BCUT2D eigenvalue weighted by Crippen LogP contribution is 2.47. The molecular weight excluding hydrogens is 476 g/mol. The Morgan fingerprint density at radius 1 is 1.33 bits per heavy atom. The van der Waals surface area contributed by atoms with E-state index in [1.165, 1.54) is 24.6 Å². The smallest absolute Gasteiger partial charge is 0.158 e. The van der Waals surface area contributed by atoms with E-state index in [1.807, 2.05) is 12.1 Å². The minimum Gasteiger partial charge on any atom is -0.598 e. The Kier molecular flexibility index (Phi) is 7.65. The molecule has 1 saturated heterocycles. The van der Waals surface area contributed by atoms with Gasteiger partial charge in [0.05, 0.1) is 17.1 Å². The van der Waals surface area contributed by atoms with Gasteiger partial charge >= 0.3 is 0 Å². The molecule has 4 rings (SSSR count). The average Bonchev–Trinajstić information content (AvgIpc) is 3.18. The number of anilines is 2. The Morgan fingerprint density at radius 3 is 2.76 bits per heavy atom. The number of nitrogens with one attached hydrogen (secondary N) is 1. The summed E-state index contributed by atoms with van der Waals surface area (Å²) in [5, 5.41) is 1.06. The molecule has 1 spiro atoms. The second kappa shape index (κ2) is 10.2. The summed E-state index contributed by atoms with van der Waals surface area (Å²) in [6.45, 7) is 8.06. The molecule has 2 aromatic rings. The number of pyridine rings is 1. The number of nitrogens with zero attached hydrogens (tertiary/aromatic N) is 4. The third kappa shape index (κ3) is 5.37. The van der Waals surface area contributed by atoms with Gasteiger partial charge in [0, 0.05) is 30.6 Å². The molecule has 2 aliphatic rings. The lowest BCUT2D eigenvalue weighted by Gasteiger charge is -2.44. The van der Waals surface area contributed by atoms with Crippen molar-refractivity contribution in [3.63, 3.8) is 0 Å². The fraction of sp³-hybridized carbons (Fsp3) is 0.609. The number of hydrogen-bond acceptors (Lipinski definition) is 8. The first-order valence-electron chi connectivity index (χ1n) is 11.6. The van der Waals surface area contributed by atoms with Crippen molar-refractivity contribution in [1.29, 1.82) is 0 Å². The van der Waals surface area contributed by atoms with E-state index in [-0.39, 0.29) is 10.2 Å². The van der Waals surface area contributed by atoms with Gasteiger partial charge in [0.2, 0.25) is 0 Å². The lowest BCUT2D eigenvalue weighted by atomic mass is 9.74. The maximum Gasteiger partial charge on any atom is 0.158 e. The predicted octanol–water partition coefficient (Wildman–Crippen LogP) is 4.84. The summed E-state index contributed by atoms with van der Waals surface area (Å²) in [6, 6.07) is 4.03. The van der Waals surface area contributed by atoms with Crippen molar-refractivity contribution >= 4 is 46.4 Å². The minimum atomic E-state index is -1.04. The normalized spacial score (nSPS) is 21.5. The first-order valence-corrected chi connectivity index (χ1v) is 13.9. The number of nitrogen functional groups attached to an aromatic ring is 1. The van der Waals surface area contributed by atoms with Gasteiger partial charge < -0.3 is 15.2 Å². The number of nitrogens with two attached hydrogens (primary N) is 1. The quantitative estimate of drug-likeness (QED) is 0.404. The molecule has 0 radical (unpaired) electrons. The molecule has 2 atom stereocenters. The van der Waals surface area contributed by atoms with Crippen LogP contribution in [0.5, 0.6) is 0 Å². The largest absolute Gasteiger partial charge is 0.598 e. The summed E-state index contributed by atoms with van der Waals surface area (Å²) in [7, 11) is 0. The predicted molar refractivity (Wildman–Crippen MR) is 137 cm³/mol. The average molecular weight is 509 g/mol. The van der Waals surface area contributed by atoms with Gasteiger partial charge in [-0.1, -0.05) is 36.7 Å². The van der Waals surface area contributed by atoms with Gasteiger partial charge in [-0.15, -0.1) is 4.72 Å². The second-order valence-electron chi connectivity index (χ2n) is 9.61. The SMILES string of the molecule is CCC(C)(C)[S+]([O-])N[C@@H]1CCCC12CCN(c1cnc(Sc3cccnc3Cl)c(N)n1)CC2. The molecule has 1 unspecified atom stereocenters. The van der Waals surface area contributed by atoms with Gasteiger partial charge in [-0.25, -0.2) is 15.0 Å². The number of rotatable bonds is 7. The van der Waals surface area contributed by atoms with Crippen LogP contribution in [-0.4, -0.2) is 43.4 Å². The van der Waals surface area contributed by atoms with Gasteiger partial charge in [0.1, 0.15) is 20.7 Å². The number of hydrogen-bond donors (Lipinski definition) is 2. The summed E-state index contributed by atoms with van der Waals surface area (Å²) in [5.74, 6) is 1.21. The van der Waals surface area contributed by atoms with Gasteiger partial charge in [-0.3, -0.25) is 0 Å². The number of halogens is 1. The van der Waals surface area contributed by atoms with Crippen LogP contribution in [0.4, 0.5) is 11.6 Å². The van der Waals surface area contributed by atoms with Crippen LogP contribution in [0.3, 0.4) is 0 Å². The van der Waals surface area contributed by atoms with E-state index < -0.39 is 11.4 Å². The molecular formula is C23H33ClN6OS2. The van der Waals surface area contributed by atoms with Crippen molar-refractivity contribution in [3.8, 4) is 0 Å². The van der Waals surface area contributed by atoms with Gasteiger partial charge in [-0.05, 0) is 63.5 Å². The lowest BCUT2D eigenvalue weighted by Crippen LogP contribution is -2.53. The Morgan fingerprint density at radius 2 is 2.09 bits per heavy atom. The van der Waals surface area contributed by atoms with E-state index in [9.17, 15) is 4.55 Å². The van der Waals surface area contributed by atoms with Crippen molar-refractivity contribution in [2.45, 2.75) is 80.0 Å². The highest BCUT2D eigenvalue weighted by Gasteiger charge is 2.48. The molecule has 0 amide bonds. The molecule has 7 nitrogen and oxygen atoms in total. The maximum atomic E-state index is 12.9. The number of aromatic nitrogens is 3. The fourth-order valence-electron chi connectivity index (χ4n) is 4.69. The molecule has 1 aliphatic heterocycles. The third-order valence-corrected chi connectivity index (χ3v) is 10.5. The Balaban J connectivity index is 1.40. The van der Waals surface area contributed by atoms with Crippen LogP contribution >= 0.6 is 23.4 Å². The van der Waals surface area contributed by atoms with Gasteiger partial charge in [-0.2, -0.15) is 0 Å². The van der Waals surface area contributed by atoms with Crippen molar-refractivity contribution in [1.82, 2.24) is 19.7 Å². The van der Waals surface area contributed by atoms with E-state index in [1.54, 1.807) is 12.4 Å². The zero-order chi connectivity index (χ0) is 23.6. The molecule has 3 N–H and O–H groups in total. The molecule has 2 aromatic heterocycles. The van der Waals surface area contributed by atoms with E-state index in [0.717, 1.165) is 49.5 Å². The standard InChI is InChI=1S/C23H33ClN6OS2/c1-4-22(2,3)33(31)29-17-8-5-9-23(17)10-13-30(14-11-23)18-15-27-21(20(25)28-18)32-16-7-6-12-26-19(16)24/h6-7,12,15,17,29H,4-5,8-11,13-14H2,1-3H3,(H2,25,28)/t17-,33?/m1/s1. The molecule has 10 heteroatoms. The van der Waals surface area contributed by atoms with Crippen molar-refractivity contribution in [2.75, 3.05) is 23.7 Å². The molecule has 1 saturated carbocycles. The molecule has 3 heterocycles. The Hall–Kier alpha value is -1.26. The lowest BCUT2D eigenvalue weighted by molar-refractivity contribution is 0.186. The summed E-state index contributed by atoms with van der Waals surface area (Å²) in [5.41, 5.74) is 6.45. The summed E-state index contributed by atoms with van der Waals surface area (Å²) in [4.78, 5) is 16.4. The zero-order valence-electron chi connectivity index (χ0n) is 19.5. The van der Waals surface area contributed by atoms with Crippen molar-refractivity contribution < 1.29 is 4.55 Å². The van der Waals surface area contributed by atoms with Crippen LogP contribution in [0, 0.1) is 5.41 Å². The fourth-order valence-corrected chi connectivity index (χ4v) is 6.88. The van der Waals surface area contributed by atoms with Crippen LogP contribution in [-0.2, 0) is 11.4 Å². The summed E-state index contributed by atoms with van der Waals surface area (Å²) >= 11 is 6.50. The molecule has 1 aliphatic carbocycles. The first-order chi connectivity index (χ1) is 15.7. The van der Waals surface area contributed by atoms with E-state index >= 15 is 0 Å². The third-order valence-electron chi connectivity index (χ3n) is 7.28. The van der Waals surface area contributed by atoms with Crippen LogP contribution in [0.2, 0.25) is 5.15 Å². The van der Waals surface area contributed by atoms with E-state index in [0.29, 0.717) is 22.0 Å². The summed E-state index contributed by atoms with van der Waals surface area (Å²) in [6.07, 6.45) is 9.93. The Bertz CT molecular complexity index is 970. The summed E-state index contributed by atoms with van der Waals surface area (Å²) < 4.78 is 16.2. The monoisotopic (exact) mass is 508 g/mol. The Labute approximate surface area is 209 Å². The first kappa shape index (κ1) is 24.9. The van der Waals surface area contributed by atoms with E-state index in [4.69, 9.17) is 17.3 Å². The topological polar surface area (TPSA) is 103 Å². The second-order valence-corrected chi connectivity index (χ2v) is 12.9. The minimum absolute atomic E-state index is 0.210. The van der Waals surface area contributed by atoms with E-state index in [2.05, 4.69) is 45.3 Å². The zero-order valence-corrected chi connectivity index (χ0v) is 21.9. The van der Waals surface area contributed by atoms with Crippen LogP contribution in [0.1, 0.15) is 59.3 Å². The molecule has 33 heavy (non-hydrogen) atoms. The van der Waals surface area contributed by atoms with Crippen LogP contribution in [0.15, 0.2) is 34.4 Å². The maximum absolute atomic E-state index is 12.9. The molecule has 180 valence electrons. The van der Waals surface area contributed by atoms with Gasteiger partial charge in [0.25, 0.3) is 0 Å².